The average molecular weight is 281 g/mol. The van der Waals surface area contributed by atoms with Crippen LogP contribution in [0.3, 0.4) is 0 Å². The van der Waals surface area contributed by atoms with Crippen molar-refractivity contribution >= 4 is 17.7 Å². The molecule has 1 N–H and O–H groups in total. The lowest BCUT2D eigenvalue weighted by Crippen LogP contribution is -2.15. The van der Waals surface area contributed by atoms with Gasteiger partial charge in [-0.2, -0.15) is 0 Å². The maximum absolute atomic E-state index is 11.2. The number of thioether (sulfide) groups is 1. The summed E-state index contributed by atoms with van der Waals surface area (Å²) in [7, 11) is 0. The van der Waals surface area contributed by atoms with E-state index in [9.17, 15) is 9.90 Å². The largest absolute Gasteiger partial charge is 0.478 e. The number of nitrogens with zero attached hydrogens (tertiary/aromatic N) is 1. The van der Waals surface area contributed by atoms with Crippen LogP contribution >= 0.6 is 11.8 Å². The Labute approximate surface area is 119 Å². The van der Waals surface area contributed by atoms with Crippen LogP contribution in [0.25, 0.3) is 0 Å². The molecule has 3 nitrogen and oxygen atoms in total. The summed E-state index contributed by atoms with van der Waals surface area (Å²) in [6.07, 6.45) is 1.12. The van der Waals surface area contributed by atoms with E-state index >= 15 is 0 Å². The number of carboxylic acids is 1. The van der Waals surface area contributed by atoms with E-state index in [-0.39, 0.29) is 5.41 Å². The molecule has 0 aliphatic rings. The smallest absolute Gasteiger partial charge is 0.335 e. The van der Waals surface area contributed by atoms with Crippen LogP contribution in [0, 0.1) is 5.92 Å². The Morgan fingerprint density at radius 1 is 1.42 bits per heavy atom. The fraction of sp³-hybridized carbons (Fsp3) is 0.600. The highest BCUT2D eigenvalue weighted by Crippen LogP contribution is 2.27. The first kappa shape index (κ1) is 16.0. The minimum absolute atomic E-state index is 0.142. The molecule has 106 valence electrons. The Kier molecular flexibility index (Phi) is 5.41. The highest BCUT2D eigenvalue weighted by atomic mass is 32.2. The van der Waals surface area contributed by atoms with Crippen LogP contribution in [0.1, 0.15) is 57.1 Å². The minimum atomic E-state index is -0.890. The second-order valence-electron chi connectivity index (χ2n) is 5.96. The van der Waals surface area contributed by atoms with Gasteiger partial charge in [0.2, 0.25) is 0 Å². The van der Waals surface area contributed by atoms with Gasteiger partial charge in [-0.25, -0.2) is 9.78 Å². The maximum Gasteiger partial charge on any atom is 0.335 e. The predicted octanol–water partition coefficient (Wildman–Crippen LogP) is 4.22. The quantitative estimate of drug-likeness (QED) is 0.821. The summed E-state index contributed by atoms with van der Waals surface area (Å²) < 4.78 is 0. The highest BCUT2D eigenvalue weighted by Gasteiger charge is 2.19. The van der Waals surface area contributed by atoms with Crippen molar-refractivity contribution in [2.75, 3.05) is 5.75 Å². The van der Waals surface area contributed by atoms with Gasteiger partial charge in [0.25, 0.3) is 0 Å². The molecular weight excluding hydrogens is 258 g/mol. The molecule has 0 spiro atoms. The van der Waals surface area contributed by atoms with Crippen molar-refractivity contribution in [1.29, 1.82) is 0 Å². The van der Waals surface area contributed by atoms with Crippen molar-refractivity contribution in [3.63, 3.8) is 0 Å². The van der Waals surface area contributed by atoms with Gasteiger partial charge in [0.05, 0.1) is 10.6 Å². The van der Waals surface area contributed by atoms with Gasteiger partial charge in [0.1, 0.15) is 0 Å². The Hall–Kier alpha value is -1.03. The second kappa shape index (κ2) is 6.42. The van der Waals surface area contributed by atoms with Crippen molar-refractivity contribution in [3.8, 4) is 0 Å². The van der Waals surface area contributed by atoms with E-state index in [1.54, 1.807) is 23.9 Å². The van der Waals surface area contributed by atoms with Gasteiger partial charge in [-0.15, -0.1) is 11.8 Å². The topological polar surface area (TPSA) is 50.2 Å². The molecule has 0 saturated carbocycles. The molecule has 0 aromatic carbocycles. The lowest BCUT2D eigenvalue weighted by atomic mass is 9.91. The molecule has 1 aromatic heterocycles. The van der Waals surface area contributed by atoms with Gasteiger partial charge in [0.15, 0.2) is 0 Å². The summed E-state index contributed by atoms with van der Waals surface area (Å²) in [6.45, 7) is 10.5. The SMILES string of the molecule is CCC(C)CSc1cc(C(=O)O)cc(C(C)(C)C)n1. The monoisotopic (exact) mass is 281 g/mol. The normalized spacial score (nSPS) is 13.3. The number of carbonyl (C=O) groups is 1. The van der Waals surface area contributed by atoms with Crippen LogP contribution in [0.4, 0.5) is 0 Å². The summed E-state index contributed by atoms with van der Waals surface area (Å²) in [5.74, 6) is 0.688. The molecule has 1 atom stereocenters. The van der Waals surface area contributed by atoms with E-state index in [1.807, 2.05) is 20.8 Å². The second-order valence-corrected chi connectivity index (χ2v) is 7.00. The first-order valence-corrected chi connectivity index (χ1v) is 7.61. The van der Waals surface area contributed by atoms with E-state index in [0.717, 1.165) is 22.9 Å². The Bertz CT molecular complexity index is 452. The lowest BCUT2D eigenvalue weighted by Gasteiger charge is -2.19. The fourth-order valence-electron chi connectivity index (χ4n) is 1.43. The molecule has 1 unspecified atom stereocenters. The van der Waals surface area contributed by atoms with Gasteiger partial charge in [-0.3, -0.25) is 0 Å². The van der Waals surface area contributed by atoms with Crippen molar-refractivity contribution in [2.24, 2.45) is 5.92 Å². The molecule has 4 heteroatoms. The fourth-order valence-corrected chi connectivity index (χ4v) is 2.50. The molecule has 0 bridgehead atoms. The van der Waals surface area contributed by atoms with Gasteiger partial charge in [-0.1, -0.05) is 41.0 Å². The molecule has 0 fully saturated rings. The van der Waals surface area contributed by atoms with Gasteiger partial charge < -0.3 is 5.11 Å². The van der Waals surface area contributed by atoms with Crippen LogP contribution in [0.2, 0.25) is 0 Å². The summed E-state index contributed by atoms with van der Waals surface area (Å²) in [6, 6.07) is 3.35. The molecule has 0 radical (unpaired) electrons. The van der Waals surface area contributed by atoms with Crippen molar-refractivity contribution in [2.45, 2.75) is 51.5 Å². The number of pyridine rings is 1. The molecule has 19 heavy (non-hydrogen) atoms. The number of hydrogen-bond donors (Lipinski definition) is 1. The van der Waals surface area contributed by atoms with Crippen LogP contribution in [-0.2, 0) is 5.41 Å². The molecular formula is C15H23NO2S. The predicted molar refractivity (Wildman–Crippen MR) is 80.1 cm³/mol. The van der Waals surface area contributed by atoms with E-state index < -0.39 is 5.97 Å². The molecule has 0 aliphatic carbocycles. The van der Waals surface area contributed by atoms with Crippen LogP contribution in [0.5, 0.6) is 0 Å². The molecule has 1 rings (SSSR count). The number of aromatic carboxylic acids is 1. The average Bonchev–Trinajstić information content (AvgIpc) is 2.34. The van der Waals surface area contributed by atoms with Crippen LogP contribution in [-0.4, -0.2) is 21.8 Å². The van der Waals surface area contributed by atoms with Gasteiger partial charge in [0, 0.05) is 16.9 Å². The maximum atomic E-state index is 11.2. The van der Waals surface area contributed by atoms with Crippen molar-refractivity contribution < 1.29 is 9.90 Å². The Morgan fingerprint density at radius 2 is 2.05 bits per heavy atom. The third-order valence-corrected chi connectivity index (χ3v) is 4.27. The van der Waals surface area contributed by atoms with Crippen LogP contribution < -0.4 is 0 Å². The van der Waals surface area contributed by atoms with E-state index in [0.29, 0.717) is 11.5 Å². The third-order valence-electron chi connectivity index (χ3n) is 3.03. The first-order valence-electron chi connectivity index (χ1n) is 6.62. The van der Waals surface area contributed by atoms with Crippen LogP contribution in [0.15, 0.2) is 17.2 Å². The van der Waals surface area contributed by atoms with E-state index in [4.69, 9.17) is 0 Å². The summed E-state index contributed by atoms with van der Waals surface area (Å²) >= 11 is 1.64. The molecule has 0 amide bonds. The molecule has 1 heterocycles. The molecule has 0 saturated heterocycles. The van der Waals surface area contributed by atoms with E-state index in [1.165, 1.54) is 0 Å². The zero-order valence-electron chi connectivity index (χ0n) is 12.4. The van der Waals surface area contributed by atoms with Crippen molar-refractivity contribution in [1.82, 2.24) is 4.98 Å². The zero-order chi connectivity index (χ0) is 14.6. The summed E-state index contributed by atoms with van der Waals surface area (Å²) in [4.78, 5) is 15.8. The lowest BCUT2D eigenvalue weighted by molar-refractivity contribution is 0.0696. The number of carboxylic acid groups (broad SMARTS) is 1. The standard InChI is InChI=1S/C15H23NO2S/c1-6-10(2)9-19-13-8-11(14(17)18)7-12(16-13)15(3,4)5/h7-8,10H,6,9H2,1-5H3,(H,17,18). The first-order chi connectivity index (χ1) is 8.74. The summed E-state index contributed by atoms with van der Waals surface area (Å²) in [5.41, 5.74) is 1.02. The molecule has 1 aromatic rings. The van der Waals surface area contributed by atoms with E-state index in [2.05, 4.69) is 18.8 Å². The van der Waals surface area contributed by atoms with Crippen molar-refractivity contribution in [3.05, 3.63) is 23.4 Å². The zero-order valence-corrected chi connectivity index (χ0v) is 13.2. The molecule has 0 aliphatic heterocycles. The highest BCUT2D eigenvalue weighted by molar-refractivity contribution is 7.99. The number of rotatable bonds is 5. The van der Waals surface area contributed by atoms with Gasteiger partial charge in [-0.05, 0) is 18.1 Å². The minimum Gasteiger partial charge on any atom is -0.478 e. The van der Waals surface area contributed by atoms with Gasteiger partial charge >= 0.3 is 5.97 Å². The Morgan fingerprint density at radius 3 is 2.53 bits per heavy atom. The Balaban J connectivity index is 3.03. The third kappa shape index (κ3) is 4.86. The number of aromatic nitrogens is 1. The summed E-state index contributed by atoms with van der Waals surface area (Å²) in [5, 5.41) is 10.00. The number of hydrogen-bond acceptors (Lipinski definition) is 3.